The van der Waals surface area contributed by atoms with Crippen molar-refractivity contribution in [1.82, 2.24) is 5.43 Å². The van der Waals surface area contributed by atoms with Crippen LogP contribution in [0.25, 0.3) is 0 Å². The van der Waals surface area contributed by atoms with Crippen LogP contribution >= 0.6 is 11.6 Å². The molecule has 3 rings (SSSR count). The third-order valence-electron chi connectivity index (χ3n) is 4.24. The molecule has 0 bridgehead atoms. The van der Waals surface area contributed by atoms with Gasteiger partial charge < -0.3 is 14.8 Å². The van der Waals surface area contributed by atoms with E-state index in [0.29, 0.717) is 41.0 Å². The van der Waals surface area contributed by atoms with E-state index in [-0.39, 0.29) is 0 Å². The van der Waals surface area contributed by atoms with Crippen LogP contribution in [0.5, 0.6) is 11.5 Å². The molecule has 8 heteroatoms. The molecule has 7 nitrogen and oxygen atoms in total. The van der Waals surface area contributed by atoms with Gasteiger partial charge in [0.1, 0.15) is 18.1 Å². The normalized spacial score (nSPS) is 10.6. The molecular weight excluding hydrogens is 430 g/mol. The van der Waals surface area contributed by atoms with Crippen molar-refractivity contribution in [1.29, 1.82) is 0 Å². The predicted octanol–water partition coefficient (Wildman–Crippen LogP) is 4.41. The summed E-state index contributed by atoms with van der Waals surface area (Å²) in [5, 5.41) is 7.04. The maximum Gasteiger partial charge on any atom is 0.329 e. The molecule has 0 aliphatic rings. The number of carbonyl (C=O) groups is 2. The van der Waals surface area contributed by atoms with Crippen LogP contribution in [0.4, 0.5) is 5.69 Å². The summed E-state index contributed by atoms with van der Waals surface area (Å²) in [7, 11) is 0. The molecule has 0 saturated carbocycles. The number of rotatable bonds is 8. The van der Waals surface area contributed by atoms with Crippen molar-refractivity contribution in [2.24, 2.45) is 5.10 Å². The van der Waals surface area contributed by atoms with Crippen LogP contribution in [0.1, 0.15) is 18.1 Å². The monoisotopic (exact) mass is 451 g/mol. The van der Waals surface area contributed by atoms with Gasteiger partial charge in [-0.05, 0) is 48.9 Å². The van der Waals surface area contributed by atoms with Crippen LogP contribution in [0.2, 0.25) is 5.02 Å². The first-order chi connectivity index (χ1) is 15.6. The molecule has 0 heterocycles. The molecule has 2 N–H and O–H groups in total. The maximum atomic E-state index is 12.2. The number of amides is 2. The molecule has 0 radical (unpaired) electrons. The number of benzene rings is 3. The number of hydrazone groups is 1. The molecule has 3 aromatic carbocycles. The molecule has 32 heavy (non-hydrogen) atoms. The summed E-state index contributed by atoms with van der Waals surface area (Å²) < 4.78 is 11.3. The lowest BCUT2D eigenvalue weighted by Gasteiger charge is -2.10. The van der Waals surface area contributed by atoms with E-state index in [1.165, 1.54) is 6.21 Å². The van der Waals surface area contributed by atoms with Crippen LogP contribution < -0.4 is 20.2 Å². The first-order valence-corrected chi connectivity index (χ1v) is 10.3. The zero-order valence-corrected chi connectivity index (χ0v) is 18.1. The number of nitrogens with one attached hydrogen (secondary N) is 2. The standard InChI is InChI=1S/C24H22ClN3O4/c1-2-31-22-10-6-4-8-20(22)27-23(29)24(30)28-26-15-18-7-3-5-9-21(18)32-16-17-11-13-19(25)14-12-17/h3-15H,2,16H2,1H3,(H,27,29)(H,28,30)/b26-15-. The molecule has 0 saturated heterocycles. The maximum absolute atomic E-state index is 12.2. The third-order valence-corrected chi connectivity index (χ3v) is 4.49. The van der Waals surface area contributed by atoms with Crippen LogP contribution in [0.3, 0.4) is 0 Å². The summed E-state index contributed by atoms with van der Waals surface area (Å²) in [6.45, 7) is 2.61. The lowest BCUT2D eigenvalue weighted by molar-refractivity contribution is -0.136. The van der Waals surface area contributed by atoms with Crippen LogP contribution in [0, 0.1) is 0 Å². The molecule has 164 valence electrons. The number of carbonyl (C=O) groups excluding carboxylic acids is 2. The van der Waals surface area contributed by atoms with Crippen molar-refractivity contribution in [3.8, 4) is 11.5 Å². The van der Waals surface area contributed by atoms with Gasteiger partial charge in [-0.25, -0.2) is 5.43 Å². The van der Waals surface area contributed by atoms with E-state index in [9.17, 15) is 9.59 Å². The van der Waals surface area contributed by atoms with Crippen molar-refractivity contribution >= 4 is 35.3 Å². The second-order valence-corrected chi connectivity index (χ2v) is 6.97. The molecule has 0 fully saturated rings. The second kappa shape index (κ2) is 11.5. The van der Waals surface area contributed by atoms with Gasteiger partial charge in [-0.3, -0.25) is 9.59 Å². The zero-order valence-electron chi connectivity index (χ0n) is 17.4. The van der Waals surface area contributed by atoms with Gasteiger partial charge in [-0.1, -0.05) is 48.0 Å². The van der Waals surface area contributed by atoms with E-state index >= 15 is 0 Å². The SMILES string of the molecule is CCOc1ccccc1NC(=O)C(=O)N/N=C\c1ccccc1OCc1ccc(Cl)cc1. The van der Waals surface area contributed by atoms with Crippen molar-refractivity contribution in [3.63, 3.8) is 0 Å². The first kappa shape index (κ1) is 22.8. The Bertz CT molecular complexity index is 1100. The highest BCUT2D eigenvalue weighted by molar-refractivity contribution is 6.39. The molecule has 0 aliphatic heterocycles. The minimum absolute atomic E-state index is 0.343. The number of halogens is 1. The fraction of sp³-hybridized carbons (Fsp3) is 0.125. The summed E-state index contributed by atoms with van der Waals surface area (Å²) in [6, 6.07) is 21.4. The summed E-state index contributed by atoms with van der Waals surface area (Å²) in [4.78, 5) is 24.3. The highest BCUT2D eigenvalue weighted by Crippen LogP contribution is 2.23. The largest absolute Gasteiger partial charge is 0.492 e. The average molecular weight is 452 g/mol. The topological polar surface area (TPSA) is 89.0 Å². The molecule has 0 aromatic heterocycles. The van der Waals surface area contributed by atoms with Gasteiger partial charge in [-0.2, -0.15) is 5.10 Å². The highest BCUT2D eigenvalue weighted by atomic mass is 35.5. The number of hydrogen-bond donors (Lipinski definition) is 2. The van der Waals surface area contributed by atoms with Gasteiger partial charge in [-0.15, -0.1) is 0 Å². The summed E-state index contributed by atoms with van der Waals surface area (Å²) in [5.41, 5.74) is 4.22. The van der Waals surface area contributed by atoms with E-state index in [4.69, 9.17) is 21.1 Å². The van der Waals surface area contributed by atoms with E-state index < -0.39 is 11.8 Å². The zero-order chi connectivity index (χ0) is 22.8. The highest BCUT2D eigenvalue weighted by Gasteiger charge is 2.15. The summed E-state index contributed by atoms with van der Waals surface area (Å²) in [6.07, 6.45) is 1.41. The summed E-state index contributed by atoms with van der Waals surface area (Å²) in [5.74, 6) is -0.712. The number of anilines is 1. The quantitative estimate of drug-likeness (QED) is 0.301. The first-order valence-electron chi connectivity index (χ1n) is 9.89. The molecule has 2 amide bonds. The Hall–Kier alpha value is -3.84. The minimum Gasteiger partial charge on any atom is -0.492 e. The molecule has 0 spiro atoms. The average Bonchev–Trinajstić information content (AvgIpc) is 2.81. The number of hydrogen-bond acceptors (Lipinski definition) is 5. The molecule has 3 aromatic rings. The van der Waals surface area contributed by atoms with Crippen molar-refractivity contribution in [2.75, 3.05) is 11.9 Å². The smallest absolute Gasteiger partial charge is 0.329 e. The van der Waals surface area contributed by atoms with Crippen molar-refractivity contribution in [3.05, 3.63) is 88.9 Å². The fourth-order valence-corrected chi connectivity index (χ4v) is 2.83. The Kier molecular flexibility index (Phi) is 8.22. The number of nitrogens with zero attached hydrogens (tertiary/aromatic N) is 1. The van der Waals surface area contributed by atoms with Crippen LogP contribution in [-0.2, 0) is 16.2 Å². The van der Waals surface area contributed by atoms with Gasteiger partial charge in [0.15, 0.2) is 0 Å². The molecule has 0 unspecified atom stereocenters. The van der Waals surface area contributed by atoms with E-state index in [1.807, 2.05) is 31.2 Å². The lowest BCUT2D eigenvalue weighted by atomic mass is 10.2. The Balaban J connectivity index is 1.58. The minimum atomic E-state index is -0.910. The van der Waals surface area contributed by atoms with Gasteiger partial charge >= 0.3 is 11.8 Å². The Labute approximate surface area is 191 Å². The summed E-state index contributed by atoms with van der Waals surface area (Å²) >= 11 is 5.90. The fourth-order valence-electron chi connectivity index (χ4n) is 2.70. The van der Waals surface area contributed by atoms with E-state index in [2.05, 4.69) is 15.8 Å². The Morgan fingerprint density at radius 3 is 2.34 bits per heavy atom. The van der Waals surface area contributed by atoms with Crippen molar-refractivity contribution < 1.29 is 19.1 Å². The van der Waals surface area contributed by atoms with Gasteiger partial charge in [0.05, 0.1) is 18.5 Å². The number of ether oxygens (including phenoxy) is 2. The van der Waals surface area contributed by atoms with Crippen LogP contribution in [-0.4, -0.2) is 24.6 Å². The Morgan fingerprint density at radius 1 is 0.906 bits per heavy atom. The van der Waals surface area contributed by atoms with Crippen LogP contribution in [0.15, 0.2) is 77.9 Å². The Morgan fingerprint density at radius 2 is 1.59 bits per heavy atom. The molecule has 0 aliphatic carbocycles. The van der Waals surface area contributed by atoms with E-state index in [1.54, 1.807) is 48.5 Å². The van der Waals surface area contributed by atoms with Gasteiger partial charge in [0, 0.05) is 10.6 Å². The van der Waals surface area contributed by atoms with Crippen molar-refractivity contribution in [2.45, 2.75) is 13.5 Å². The molecular formula is C24H22ClN3O4. The second-order valence-electron chi connectivity index (χ2n) is 6.54. The molecule has 0 atom stereocenters. The third kappa shape index (κ3) is 6.58. The van der Waals surface area contributed by atoms with E-state index in [0.717, 1.165) is 5.56 Å². The predicted molar refractivity (Wildman–Crippen MR) is 124 cm³/mol. The lowest BCUT2D eigenvalue weighted by Crippen LogP contribution is -2.32. The number of para-hydroxylation sites is 3. The van der Waals surface area contributed by atoms with Gasteiger partial charge in [0.2, 0.25) is 0 Å². The van der Waals surface area contributed by atoms with Gasteiger partial charge in [0.25, 0.3) is 0 Å².